The van der Waals surface area contributed by atoms with E-state index in [1.807, 2.05) is 17.7 Å². The van der Waals surface area contributed by atoms with E-state index in [9.17, 15) is 4.79 Å². The zero-order valence-electron chi connectivity index (χ0n) is 7.99. The fourth-order valence-electron chi connectivity index (χ4n) is 1.56. The summed E-state index contributed by atoms with van der Waals surface area (Å²) in [6, 6.07) is 0.164. The van der Waals surface area contributed by atoms with Crippen LogP contribution in [-0.4, -0.2) is 23.2 Å². The van der Waals surface area contributed by atoms with Crippen LogP contribution in [0.1, 0.15) is 28.8 Å². The monoisotopic (exact) mass is 211 g/mol. The first kappa shape index (κ1) is 9.68. The SMILES string of the molecule is Cc1cscc1C(=O)NC1CC(O)C1. The van der Waals surface area contributed by atoms with Crippen molar-refractivity contribution in [3.8, 4) is 0 Å². The molecule has 1 aromatic heterocycles. The molecule has 0 atom stereocenters. The van der Waals surface area contributed by atoms with Gasteiger partial charge < -0.3 is 10.4 Å². The number of amides is 1. The summed E-state index contributed by atoms with van der Waals surface area (Å²) in [5.74, 6) is -0.0133. The van der Waals surface area contributed by atoms with E-state index in [4.69, 9.17) is 5.11 Å². The van der Waals surface area contributed by atoms with E-state index in [1.54, 1.807) is 0 Å². The van der Waals surface area contributed by atoms with Gasteiger partial charge in [0.2, 0.25) is 0 Å². The third-order valence-electron chi connectivity index (χ3n) is 2.55. The van der Waals surface area contributed by atoms with Crippen molar-refractivity contribution >= 4 is 17.2 Å². The van der Waals surface area contributed by atoms with Crippen molar-refractivity contribution in [1.29, 1.82) is 0 Å². The summed E-state index contributed by atoms with van der Waals surface area (Å²) in [6.07, 6.45) is 1.16. The number of hydrogen-bond donors (Lipinski definition) is 2. The molecular formula is C10H13NO2S. The molecule has 4 heteroatoms. The summed E-state index contributed by atoms with van der Waals surface area (Å²) in [5, 5.41) is 15.8. The number of aliphatic hydroxyl groups excluding tert-OH is 1. The Bertz CT molecular complexity index is 342. The summed E-state index contributed by atoms with van der Waals surface area (Å²) >= 11 is 1.54. The molecule has 2 N–H and O–H groups in total. The van der Waals surface area contributed by atoms with Crippen LogP contribution in [-0.2, 0) is 0 Å². The molecular weight excluding hydrogens is 198 g/mol. The topological polar surface area (TPSA) is 49.3 Å². The molecule has 0 aromatic carbocycles. The lowest BCUT2D eigenvalue weighted by Crippen LogP contribution is -2.46. The molecule has 1 fully saturated rings. The minimum absolute atomic E-state index is 0.0133. The van der Waals surface area contributed by atoms with Gasteiger partial charge in [0.05, 0.1) is 11.7 Å². The lowest BCUT2D eigenvalue weighted by molar-refractivity contribution is 0.0562. The van der Waals surface area contributed by atoms with E-state index < -0.39 is 0 Å². The third-order valence-corrected chi connectivity index (χ3v) is 3.41. The largest absolute Gasteiger partial charge is 0.393 e. The van der Waals surface area contributed by atoms with Crippen molar-refractivity contribution in [1.82, 2.24) is 5.32 Å². The Balaban J connectivity index is 1.93. The van der Waals surface area contributed by atoms with Gasteiger partial charge in [0, 0.05) is 11.4 Å². The molecule has 1 aromatic rings. The molecule has 3 nitrogen and oxygen atoms in total. The molecule has 0 aliphatic heterocycles. The average molecular weight is 211 g/mol. The van der Waals surface area contributed by atoms with Gasteiger partial charge in [0.25, 0.3) is 5.91 Å². The normalized spacial score (nSPS) is 25.6. The third kappa shape index (κ3) is 1.81. The fraction of sp³-hybridized carbons (Fsp3) is 0.500. The molecule has 1 heterocycles. The van der Waals surface area contributed by atoms with Crippen molar-refractivity contribution in [2.24, 2.45) is 0 Å². The van der Waals surface area contributed by atoms with E-state index in [-0.39, 0.29) is 18.1 Å². The Morgan fingerprint density at radius 2 is 2.29 bits per heavy atom. The summed E-state index contributed by atoms with van der Waals surface area (Å²) in [7, 11) is 0. The van der Waals surface area contributed by atoms with Crippen molar-refractivity contribution in [2.45, 2.75) is 31.9 Å². The van der Waals surface area contributed by atoms with E-state index >= 15 is 0 Å². The van der Waals surface area contributed by atoms with Crippen LogP contribution >= 0.6 is 11.3 Å². The van der Waals surface area contributed by atoms with Gasteiger partial charge in [-0.3, -0.25) is 4.79 Å². The van der Waals surface area contributed by atoms with Gasteiger partial charge in [-0.1, -0.05) is 0 Å². The smallest absolute Gasteiger partial charge is 0.252 e. The van der Waals surface area contributed by atoms with Crippen LogP contribution in [0, 0.1) is 6.92 Å². The number of hydrogen-bond acceptors (Lipinski definition) is 3. The number of thiophene rings is 1. The maximum Gasteiger partial charge on any atom is 0.252 e. The quantitative estimate of drug-likeness (QED) is 0.775. The van der Waals surface area contributed by atoms with Crippen molar-refractivity contribution in [2.75, 3.05) is 0 Å². The molecule has 0 radical (unpaired) electrons. The predicted octanol–water partition coefficient (Wildman–Crippen LogP) is 1.31. The number of aliphatic hydroxyl groups is 1. The molecule has 14 heavy (non-hydrogen) atoms. The number of carbonyl (C=O) groups is 1. The highest BCUT2D eigenvalue weighted by molar-refractivity contribution is 7.08. The van der Waals surface area contributed by atoms with Crippen molar-refractivity contribution < 1.29 is 9.90 Å². The number of aryl methyl sites for hydroxylation is 1. The highest BCUT2D eigenvalue weighted by Gasteiger charge is 2.28. The zero-order chi connectivity index (χ0) is 10.1. The van der Waals surface area contributed by atoms with Gasteiger partial charge in [-0.2, -0.15) is 11.3 Å². The van der Waals surface area contributed by atoms with Gasteiger partial charge in [0.1, 0.15) is 0 Å². The molecule has 1 aliphatic rings. The van der Waals surface area contributed by atoms with E-state index in [2.05, 4.69) is 5.32 Å². The van der Waals surface area contributed by atoms with Gasteiger partial charge in [-0.25, -0.2) is 0 Å². The van der Waals surface area contributed by atoms with Crippen molar-refractivity contribution in [3.63, 3.8) is 0 Å². The van der Waals surface area contributed by atoms with Crippen LogP contribution in [0.4, 0.5) is 0 Å². The summed E-state index contributed by atoms with van der Waals surface area (Å²) in [5.41, 5.74) is 1.78. The second-order valence-electron chi connectivity index (χ2n) is 3.76. The van der Waals surface area contributed by atoms with Gasteiger partial charge in [0.15, 0.2) is 0 Å². The van der Waals surface area contributed by atoms with E-state index in [1.165, 1.54) is 11.3 Å². The predicted molar refractivity (Wildman–Crippen MR) is 55.6 cm³/mol. The minimum Gasteiger partial charge on any atom is -0.393 e. The zero-order valence-corrected chi connectivity index (χ0v) is 8.80. The van der Waals surface area contributed by atoms with E-state index in [0.717, 1.165) is 11.1 Å². The molecule has 1 saturated carbocycles. The summed E-state index contributed by atoms with van der Waals surface area (Å²) in [4.78, 5) is 11.7. The second-order valence-corrected chi connectivity index (χ2v) is 4.51. The lowest BCUT2D eigenvalue weighted by atomic mass is 9.89. The van der Waals surface area contributed by atoms with Gasteiger partial charge >= 0.3 is 0 Å². The highest BCUT2D eigenvalue weighted by atomic mass is 32.1. The molecule has 2 rings (SSSR count). The van der Waals surface area contributed by atoms with Crippen LogP contribution in [0.3, 0.4) is 0 Å². The number of nitrogens with one attached hydrogen (secondary N) is 1. The first-order valence-corrected chi connectivity index (χ1v) is 5.63. The maximum atomic E-state index is 11.7. The van der Waals surface area contributed by atoms with E-state index in [0.29, 0.717) is 12.8 Å². The van der Waals surface area contributed by atoms with Crippen LogP contribution in [0.15, 0.2) is 10.8 Å². The first-order chi connectivity index (χ1) is 6.66. The Kier molecular flexibility index (Phi) is 2.56. The van der Waals surface area contributed by atoms with Crippen LogP contribution in [0.25, 0.3) is 0 Å². The van der Waals surface area contributed by atoms with Gasteiger partial charge in [-0.05, 0) is 30.7 Å². The fourth-order valence-corrected chi connectivity index (χ4v) is 2.39. The second kappa shape index (κ2) is 3.71. The van der Waals surface area contributed by atoms with Gasteiger partial charge in [-0.15, -0.1) is 0 Å². The Hall–Kier alpha value is -0.870. The number of rotatable bonds is 2. The van der Waals surface area contributed by atoms with Crippen LogP contribution in [0.2, 0.25) is 0 Å². The maximum absolute atomic E-state index is 11.7. The summed E-state index contributed by atoms with van der Waals surface area (Å²) in [6.45, 7) is 1.93. The molecule has 76 valence electrons. The number of carbonyl (C=O) groups excluding carboxylic acids is 1. The standard InChI is InChI=1S/C10H13NO2S/c1-6-4-14-5-9(6)10(13)11-7-2-8(12)3-7/h4-5,7-8,12H,2-3H2,1H3,(H,11,13). The Morgan fingerprint density at radius 3 is 2.79 bits per heavy atom. The molecule has 0 spiro atoms. The molecule has 0 saturated heterocycles. The molecule has 0 bridgehead atoms. The lowest BCUT2D eigenvalue weighted by Gasteiger charge is -2.31. The molecule has 0 unspecified atom stereocenters. The minimum atomic E-state index is -0.219. The Labute approximate surface area is 86.8 Å². The van der Waals surface area contributed by atoms with Crippen LogP contribution < -0.4 is 5.32 Å². The Morgan fingerprint density at radius 1 is 1.57 bits per heavy atom. The average Bonchev–Trinajstić information content (AvgIpc) is 2.48. The molecule has 1 aliphatic carbocycles. The van der Waals surface area contributed by atoms with Crippen molar-refractivity contribution in [3.05, 3.63) is 21.9 Å². The first-order valence-electron chi connectivity index (χ1n) is 4.68. The molecule has 1 amide bonds. The summed E-state index contributed by atoms with van der Waals surface area (Å²) < 4.78 is 0. The van der Waals surface area contributed by atoms with Crippen LogP contribution in [0.5, 0.6) is 0 Å². The highest BCUT2D eigenvalue weighted by Crippen LogP contribution is 2.21.